The number of rotatable bonds is 1. The molecule has 0 aliphatic heterocycles. The zero-order valence-electron chi connectivity index (χ0n) is 12.9. The normalized spacial score (nSPS) is 11.5. The molecule has 25 heavy (non-hydrogen) atoms. The SMILES string of the molecule is O=c1oc2ccc3c(O)cccc3c2cc1-c1nc2ccccc2s1. The van der Waals surface area contributed by atoms with Crippen molar-refractivity contribution in [2.24, 2.45) is 0 Å². The molecule has 0 aliphatic carbocycles. The summed E-state index contributed by atoms with van der Waals surface area (Å²) in [4.78, 5) is 17.0. The van der Waals surface area contributed by atoms with Gasteiger partial charge in [0.1, 0.15) is 16.3 Å². The predicted molar refractivity (Wildman–Crippen MR) is 100 cm³/mol. The van der Waals surface area contributed by atoms with Crippen LogP contribution in [0.4, 0.5) is 0 Å². The molecule has 0 saturated heterocycles. The standard InChI is InChI=1S/C20H11NO3S/c22-16-6-3-4-11-12(16)8-9-17-13(11)10-14(20(23)24-17)19-21-15-5-1-2-7-18(15)25-19/h1-10,22H. The minimum absolute atomic E-state index is 0.201. The van der Waals surface area contributed by atoms with Crippen molar-refractivity contribution in [3.8, 4) is 16.3 Å². The molecule has 0 saturated carbocycles. The zero-order chi connectivity index (χ0) is 17.0. The number of thiazole rings is 1. The molecular formula is C20H11NO3S. The maximum atomic E-state index is 12.5. The zero-order valence-corrected chi connectivity index (χ0v) is 13.7. The van der Waals surface area contributed by atoms with Gasteiger partial charge in [0.25, 0.3) is 0 Å². The Labute approximate surface area is 145 Å². The minimum Gasteiger partial charge on any atom is -0.507 e. The first-order valence-electron chi connectivity index (χ1n) is 7.75. The van der Waals surface area contributed by atoms with Gasteiger partial charge in [-0.05, 0) is 41.8 Å². The molecule has 5 aromatic rings. The van der Waals surface area contributed by atoms with Crippen molar-refractivity contribution in [1.29, 1.82) is 0 Å². The number of aromatic hydroxyl groups is 1. The second-order valence-electron chi connectivity index (χ2n) is 5.78. The Morgan fingerprint density at radius 2 is 1.80 bits per heavy atom. The molecule has 0 radical (unpaired) electrons. The Kier molecular flexibility index (Phi) is 2.93. The van der Waals surface area contributed by atoms with Crippen molar-refractivity contribution < 1.29 is 9.52 Å². The fraction of sp³-hybridized carbons (Fsp3) is 0. The van der Waals surface area contributed by atoms with Crippen LogP contribution in [0.1, 0.15) is 0 Å². The first-order chi connectivity index (χ1) is 12.2. The molecule has 0 fully saturated rings. The first kappa shape index (κ1) is 14.2. The van der Waals surface area contributed by atoms with Crippen LogP contribution in [0.5, 0.6) is 5.75 Å². The van der Waals surface area contributed by atoms with E-state index in [1.54, 1.807) is 30.3 Å². The quantitative estimate of drug-likeness (QED) is 0.346. The van der Waals surface area contributed by atoms with Gasteiger partial charge in [-0.25, -0.2) is 9.78 Å². The van der Waals surface area contributed by atoms with E-state index in [-0.39, 0.29) is 5.75 Å². The minimum atomic E-state index is -0.411. The number of hydrogen-bond donors (Lipinski definition) is 1. The highest BCUT2D eigenvalue weighted by molar-refractivity contribution is 7.21. The summed E-state index contributed by atoms with van der Waals surface area (Å²) in [5, 5.41) is 13.0. The largest absolute Gasteiger partial charge is 0.507 e. The molecule has 2 heterocycles. The molecule has 2 aromatic heterocycles. The smallest absolute Gasteiger partial charge is 0.346 e. The summed E-state index contributed by atoms with van der Waals surface area (Å²) in [6.45, 7) is 0. The monoisotopic (exact) mass is 345 g/mol. The predicted octanol–water partition coefficient (Wildman–Crippen LogP) is 4.93. The first-order valence-corrected chi connectivity index (χ1v) is 8.57. The van der Waals surface area contributed by atoms with Gasteiger partial charge in [0.15, 0.2) is 0 Å². The van der Waals surface area contributed by atoms with Crippen LogP contribution in [0.25, 0.3) is 42.5 Å². The summed E-state index contributed by atoms with van der Waals surface area (Å²) in [6.07, 6.45) is 0. The number of hydrogen-bond acceptors (Lipinski definition) is 5. The Bertz CT molecular complexity index is 1300. The van der Waals surface area contributed by atoms with E-state index in [2.05, 4.69) is 4.98 Å². The van der Waals surface area contributed by atoms with Gasteiger partial charge in [-0.3, -0.25) is 0 Å². The van der Waals surface area contributed by atoms with Crippen molar-refractivity contribution in [1.82, 2.24) is 4.98 Å². The maximum absolute atomic E-state index is 12.5. The van der Waals surface area contributed by atoms with Crippen molar-refractivity contribution in [2.45, 2.75) is 0 Å². The molecule has 0 spiro atoms. The molecule has 3 aromatic carbocycles. The molecule has 120 valence electrons. The summed E-state index contributed by atoms with van der Waals surface area (Å²) in [7, 11) is 0. The fourth-order valence-corrected chi connectivity index (χ4v) is 4.05. The van der Waals surface area contributed by atoms with E-state index in [9.17, 15) is 9.90 Å². The lowest BCUT2D eigenvalue weighted by Gasteiger charge is -2.05. The van der Waals surface area contributed by atoms with Gasteiger partial charge in [-0.15, -0.1) is 11.3 Å². The van der Waals surface area contributed by atoms with Crippen LogP contribution in [-0.2, 0) is 0 Å². The number of phenolic OH excluding ortho intramolecular Hbond substituents is 1. The van der Waals surface area contributed by atoms with Gasteiger partial charge < -0.3 is 9.52 Å². The van der Waals surface area contributed by atoms with Crippen molar-refractivity contribution in [3.05, 3.63) is 71.1 Å². The highest BCUT2D eigenvalue weighted by Gasteiger charge is 2.14. The Morgan fingerprint density at radius 1 is 0.920 bits per heavy atom. The maximum Gasteiger partial charge on any atom is 0.346 e. The van der Waals surface area contributed by atoms with Crippen LogP contribution >= 0.6 is 11.3 Å². The summed E-state index contributed by atoms with van der Waals surface area (Å²) in [6, 6.07) is 18.4. The molecular weight excluding hydrogens is 334 g/mol. The lowest BCUT2D eigenvalue weighted by molar-refractivity contribution is 0.481. The van der Waals surface area contributed by atoms with E-state index in [1.165, 1.54) is 11.3 Å². The third-order valence-electron chi connectivity index (χ3n) is 4.28. The molecule has 1 N–H and O–H groups in total. The summed E-state index contributed by atoms with van der Waals surface area (Å²) in [5.41, 5.74) is 1.38. The number of nitrogens with zero attached hydrogens (tertiary/aromatic N) is 1. The Hall–Kier alpha value is -3.18. The third kappa shape index (κ3) is 2.13. The highest BCUT2D eigenvalue weighted by atomic mass is 32.1. The molecule has 0 amide bonds. The van der Waals surface area contributed by atoms with Crippen LogP contribution < -0.4 is 5.63 Å². The molecule has 0 aliphatic rings. The van der Waals surface area contributed by atoms with Crippen LogP contribution in [-0.4, -0.2) is 10.1 Å². The second kappa shape index (κ2) is 5.16. The molecule has 5 rings (SSSR count). The van der Waals surface area contributed by atoms with Gasteiger partial charge in [0, 0.05) is 10.8 Å². The van der Waals surface area contributed by atoms with E-state index < -0.39 is 5.63 Å². The molecule has 0 bridgehead atoms. The van der Waals surface area contributed by atoms with E-state index in [4.69, 9.17) is 4.42 Å². The van der Waals surface area contributed by atoms with Gasteiger partial charge in [0.05, 0.1) is 15.8 Å². The summed E-state index contributed by atoms with van der Waals surface area (Å²) < 4.78 is 6.54. The van der Waals surface area contributed by atoms with Crippen LogP contribution in [0, 0.1) is 0 Å². The fourth-order valence-electron chi connectivity index (χ4n) is 3.08. The highest BCUT2D eigenvalue weighted by Crippen LogP contribution is 2.34. The third-order valence-corrected chi connectivity index (χ3v) is 5.35. The second-order valence-corrected chi connectivity index (χ2v) is 6.81. The van der Waals surface area contributed by atoms with Gasteiger partial charge in [0.2, 0.25) is 0 Å². The molecule has 0 unspecified atom stereocenters. The average molecular weight is 345 g/mol. The lowest BCUT2D eigenvalue weighted by atomic mass is 10.0. The number of benzene rings is 3. The molecule has 5 heteroatoms. The van der Waals surface area contributed by atoms with E-state index in [0.717, 1.165) is 26.4 Å². The van der Waals surface area contributed by atoms with Gasteiger partial charge >= 0.3 is 5.63 Å². The Morgan fingerprint density at radius 3 is 2.68 bits per heavy atom. The number of phenols is 1. The lowest BCUT2D eigenvalue weighted by Crippen LogP contribution is -2.02. The van der Waals surface area contributed by atoms with Crippen molar-refractivity contribution in [2.75, 3.05) is 0 Å². The average Bonchev–Trinajstić information content (AvgIpc) is 3.05. The van der Waals surface area contributed by atoms with E-state index >= 15 is 0 Å². The van der Waals surface area contributed by atoms with Crippen LogP contribution in [0.15, 0.2) is 69.9 Å². The van der Waals surface area contributed by atoms with Crippen LogP contribution in [0.2, 0.25) is 0 Å². The summed E-state index contributed by atoms with van der Waals surface area (Å²) in [5.74, 6) is 0.201. The van der Waals surface area contributed by atoms with Crippen molar-refractivity contribution in [3.63, 3.8) is 0 Å². The number of fused-ring (bicyclic) bond motifs is 4. The van der Waals surface area contributed by atoms with E-state index in [0.29, 0.717) is 16.2 Å². The van der Waals surface area contributed by atoms with Crippen molar-refractivity contribution >= 4 is 43.3 Å². The molecule has 0 atom stereocenters. The number of aromatic nitrogens is 1. The Balaban J connectivity index is 1.86. The van der Waals surface area contributed by atoms with E-state index in [1.807, 2.05) is 30.3 Å². The molecule has 4 nitrogen and oxygen atoms in total. The summed E-state index contributed by atoms with van der Waals surface area (Å²) >= 11 is 1.46. The van der Waals surface area contributed by atoms with Gasteiger partial charge in [-0.2, -0.15) is 0 Å². The number of para-hydroxylation sites is 1. The van der Waals surface area contributed by atoms with Crippen LogP contribution in [0.3, 0.4) is 0 Å². The van der Waals surface area contributed by atoms with Gasteiger partial charge in [-0.1, -0.05) is 24.3 Å². The topological polar surface area (TPSA) is 63.3 Å².